The lowest BCUT2D eigenvalue weighted by atomic mass is 10.1. The quantitative estimate of drug-likeness (QED) is 0.761. The van der Waals surface area contributed by atoms with Crippen LogP contribution in [0.25, 0.3) is 0 Å². The summed E-state index contributed by atoms with van der Waals surface area (Å²) >= 11 is 0. The van der Waals surface area contributed by atoms with E-state index in [0.717, 1.165) is 24.3 Å². The van der Waals surface area contributed by atoms with E-state index >= 15 is 0 Å². The highest BCUT2D eigenvalue weighted by Gasteiger charge is 2.30. The minimum Gasteiger partial charge on any atom is -0.378 e. The second kappa shape index (κ2) is 6.57. The molecule has 0 saturated heterocycles. The Morgan fingerprint density at radius 3 is 2.19 bits per heavy atom. The summed E-state index contributed by atoms with van der Waals surface area (Å²) in [6.45, 7) is 1.61. The van der Waals surface area contributed by atoms with Gasteiger partial charge in [0.15, 0.2) is 6.10 Å². The van der Waals surface area contributed by atoms with E-state index in [4.69, 9.17) is 5.73 Å². The lowest BCUT2D eigenvalue weighted by Gasteiger charge is -2.17. The molecule has 1 aromatic rings. The minimum absolute atomic E-state index is 0.0141. The first-order valence-electron chi connectivity index (χ1n) is 6.11. The number of nitrogens with two attached hydrogens (primary N) is 1. The maximum atomic E-state index is 12.4. The number of nitrogens with one attached hydrogen (secondary N) is 1. The van der Waals surface area contributed by atoms with Crippen molar-refractivity contribution >= 4 is 11.8 Å². The Bertz CT molecular complexity index is 514. The van der Waals surface area contributed by atoms with Crippen LogP contribution in [0.2, 0.25) is 0 Å². The minimum atomic E-state index is -4.50. The summed E-state index contributed by atoms with van der Waals surface area (Å²) in [5, 5.41) is 12.0. The van der Waals surface area contributed by atoms with Gasteiger partial charge in [0, 0.05) is 0 Å². The lowest BCUT2D eigenvalue weighted by molar-refractivity contribution is -0.137. The summed E-state index contributed by atoms with van der Waals surface area (Å²) in [6, 6.07) is 2.58. The van der Waals surface area contributed by atoms with Crippen molar-refractivity contribution < 1.29 is 27.9 Å². The maximum absolute atomic E-state index is 12.4. The molecule has 8 heteroatoms. The Morgan fingerprint density at radius 1 is 1.29 bits per heavy atom. The molecular formula is C13H15F3N2O3. The molecule has 4 N–H and O–H groups in total. The van der Waals surface area contributed by atoms with Crippen LogP contribution in [0.3, 0.4) is 0 Å². The van der Waals surface area contributed by atoms with E-state index in [1.165, 1.54) is 0 Å². The molecule has 0 aromatic heterocycles. The van der Waals surface area contributed by atoms with Crippen molar-refractivity contribution in [3.63, 3.8) is 0 Å². The van der Waals surface area contributed by atoms with Gasteiger partial charge in [-0.05, 0) is 24.1 Å². The number of hydrogen-bond acceptors (Lipinski definition) is 3. The summed E-state index contributed by atoms with van der Waals surface area (Å²) in [5.41, 5.74) is 4.14. The van der Waals surface area contributed by atoms with Crippen LogP contribution in [0.5, 0.6) is 0 Å². The zero-order valence-electron chi connectivity index (χ0n) is 11.1. The number of carbonyl (C=O) groups is 2. The average molecular weight is 304 g/mol. The van der Waals surface area contributed by atoms with Crippen LogP contribution >= 0.6 is 0 Å². The molecule has 0 bridgehead atoms. The highest BCUT2D eigenvalue weighted by molar-refractivity contribution is 5.88. The van der Waals surface area contributed by atoms with Gasteiger partial charge in [0.2, 0.25) is 5.91 Å². The number of halogens is 3. The number of primary amides is 1. The molecule has 0 fully saturated rings. The lowest BCUT2D eigenvalue weighted by Crippen LogP contribution is -2.45. The predicted molar refractivity (Wildman–Crippen MR) is 67.8 cm³/mol. The third-order valence-corrected chi connectivity index (χ3v) is 2.87. The van der Waals surface area contributed by atoms with Crippen molar-refractivity contribution in [2.75, 3.05) is 0 Å². The van der Waals surface area contributed by atoms with E-state index < -0.39 is 35.7 Å². The molecule has 0 spiro atoms. The molecule has 1 aromatic carbocycles. The van der Waals surface area contributed by atoms with Gasteiger partial charge in [-0.3, -0.25) is 9.59 Å². The molecule has 116 valence electrons. The summed E-state index contributed by atoms with van der Waals surface area (Å²) in [7, 11) is 0. The van der Waals surface area contributed by atoms with Crippen LogP contribution < -0.4 is 11.1 Å². The van der Waals surface area contributed by atoms with Crippen LogP contribution in [-0.4, -0.2) is 23.0 Å². The molecule has 0 aliphatic carbocycles. The largest absolute Gasteiger partial charge is 0.416 e. The van der Waals surface area contributed by atoms with Crippen molar-refractivity contribution in [3.05, 3.63) is 35.4 Å². The fourth-order valence-electron chi connectivity index (χ4n) is 1.63. The Kier molecular flexibility index (Phi) is 5.31. The van der Waals surface area contributed by atoms with E-state index in [-0.39, 0.29) is 12.0 Å². The van der Waals surface area contributed by atoms with Gasteiger partial charge in [-0.2, -0.15) is 13.2 Å². The number of rotatable bonds is 5. The predicted octanol–water partition coefficient (Wildman–Crippen LogP) is 1.12. The van der Waals surface area contributed by atoms with Crippen molar-refractivity contribution in [2.45, 2.75) is 31.7 Å². The average Bonchev–Trinajstić information content (AvgIpc) is 2.42. The Morgan fingerprint density at radius 2 is 1.81 bits per heavy atom. The zero-order valence-corrected chi connectivity index (χ0v) is 11.1. The molecule has 1 rings (SSSR count). The normalized spacial score (nSPS) is 14.3. The van der Waals surface area contributed by atoms with Crippen LogP contribution in [0.1, 0.15) is 30.6 Å². The van der Waals surface area contributed by atoms with Crippen molar-refractivity contribution in [1.29, 1.82) is 0 Å². The van der Waals surface area contributed by atoms with Gasteiger partial charge in [-0.25, -0.2) is 0 Å². The fraction of sp³-hybridized carbons (Fsp3) is 0.385. The maximum Gasteiger partial charge on any atom is 0.416 e. The SMILES string of the molecule is CC[C@@H](NC(=O)[C@@H](O)c1ccc(C(F)(F)F)cc1)C(N)=O. The number of hydrogen-bond donors (Lipinski definition) is 3. The molecule has 5 nitrogen and oxygen atoms in total. The first kappa shape index (κ1) is 17.0. The molecular weight excluding hydrogens is 289 g/mol. The molecule has 2 atom stereocenters. The second-order valence-electron chi connectivity index (χ2n) is 4.39. The smallest absolute Gasteiger partial charge is 0.378 e. The Hall–Kier alpha value is -2.09. The molecule has 0 radical (unpaired) electrons. The van der Waals surface area contributed by atoms with Crippen molar-refractivity contribution in [3.8, 4) is 0 Å². The molecule has 2 amide bonds. The Balaban J connectivity index is 2.81. The third-order valence-electron chi connectivity index (χ3n) is 2.87. The van der Waals surface area contributed by atoms with E-state index in [1.54, 1.807) is 6.92 Å². The summed E-state index contributed by atoms with van der Waals surface area (Å²) in [6.07, 6.45) is -5.94. The molecule has 0 aliphatic heterocycles. The number of benzene rings is 1. The first-order chi connectivity index (χ1) is 9.66. The van der Waals surface area contributed by atoms with Gasteiger partial charge >= 0.3 is 6.18 Å². The van der Waals surface area contributed by atoms with E-state index in [2.05, 4.69) is 5.32 Å². The zero-order chi connectivity index (χ0) is 16.2. The van der Waals surface area contributed by atoms with Crippen LogP contribution in [0.15, 0.2) is 24.3 Å². The topological polar surface area (TPSA) is 92.4 Å². The second-order valence-corrected chi connectivity index (χ2v) is 4.39. The summed E-state index contributed by atoms with van der Waals surface area (Å²) in [5.74, 6) is -1.66. The third kappa shape index (κ3) is 4.45. The van der Waals surface area contributed by atoms with Gasteiger partial charge < -0.3 is 16.2 Å². The molecule has 0 unspecified atom stereocenters. The number of amides is 2. The van der Waals surface area contributed by atoms with Crippen molar-refractivity contribution in [1.82, 2.24) is 5.32 Å². The molecule has 0 heterocycles. The highest BCUT2D eigenvalue weighted by atomic mass is 19.4. The fourth-order valence-corrected chi connectivity index (χ4v) is 1.63. The highest BCUT2D eigenvalue weighted by Crippen LogP contribution is 2.29. The van der Waals surface area contributed by atoms with Crippen LogP contribution in [-0.2, 0) is 15.8 Å². The van der Waals surface area contributed by atoms with Gasteiger partial charge in [0.1, 0.15) is 6.04 Å². The summed E-state index contributed by atoms with van der Waals surface area (Å²) < 4.78 is 37.2. The number of aliphatic hydroxyl groups is 1. The number of alkyl halides is 3. The molecule has 0 saturated carbocycles. The van der Waals surface area contributed by atoms with E-state index in [1.807, 2.05) is 0 Å². The van der Waals surface area contributed by atoms with Crippen molar-refractivity contribution in [2.24, 2.45) is 5.73 Å². The number of aliphatic hydroxyl groups excluding tert-OH is 1. The molecule has 21 heavy (non-hydrogen) atoms. The van der Waals surface area contributed by atoms with Gasteiger partial charge in [0.25, 0.3) is 5.91 Å². The number of carbonyl (C=O) groups excluding carboxylic acids is 2. The first-order valence-corrected chi connectivity index (χ1v) is 6.11. The summed E-state index contributed by atoms with van der Waals surface area (Å²) in [4.78, 5) is 22.7. The standard InChI is InChI=1S/C13H15F3N2O3/c1-2-9(11(17)20)18-12(21)10(19)7-3-5-8(6-4-7)13(14,15)16/h3-6,9-10,19H,2H2,1H3,(H2,17,20)(H,18,21)/t9-,10+/m1/s1. The van der Waals surface area contributed by atoms with E-state index in [9.17, 15) is 27.9 Å². The van der Waals surface area contributed by atoms with Gasteiger partial charge in [0.05, 0.1) is 5.56 Å². The Labute approximate surface area is 118 Å². The van der Waals surface area contributed by atoms with Gasteiger partial charge in [-0.1, -0.05) is 19.1 Å². The monoisotopic (exact) mass is 304 g/mol. The van der Waals surface area contributed by atoms with Gasteiger partial charge in [-0.15, -0.1) is 0 Å². The van der Waals surface area contributed by atoms with E-state index in [0.29, 0.717) is 0 Å². The van der Waals surface area contributed by atoms with Crippen LogP contribution in [0, 0.1) is 0 Å². The van der Waals surface area contributed by atoms with Crippen LogP contribution in [0.4, 0.5) is 13.2 Å². The molecule has 0 aliphatic rings.